The van der Waals surface area contributed by atoms with Crippen molar-refractivity contribution in [2.75, 3.05) is 0 Å². The van der Waals surface area contributed by atoms with E-state index in [9.17, 15) is 9.59 Å². The van der Waals surface area contributed by atoms with Crippen LogP contribution >= 0.6 is 0 Å². The molecule has 1 atom stereocenters. The molecule has 6 nitrogen and oxygen atoms in total. The van der Waals surface area contributed by atoms with E-state index in [2.05, 4.69) is 23.0 Å². The van der Waals surface area contributed by atoms with Crippen LogP contribution in [-0.4, -0.2) is 26.4 Å². The second-order valence-electron chi connectivity index (χ2n) is 6.12. The van der Waals surface area contributed by atoms with Crippen molar-refractivity contribution in [2.45, 2.75) is 39.9 Å². The van der Waals surface area contributed by atoms with Gasteiger partial charge in [0.1, 0.15) is 0 Å². The van der Waals surface area contributed by atoms with Gasteiger partial charge < -0.3 is 15.6 Å². The molecule has 0 aliphatic carbocycles. The van der Waals surface area contributed by atoms with Crippen LogP contribution in [0.4, 0.5) is 0 Å². The Bertz CT molecular complexity index is 840. The second kappa shape index (κ2) is 5.05. The van der Waals surface area contributed by atoms with E-state index >= 15 is 0 Å². The van der Waals surface area contributed by atoms with Crippen LogP contribution in [0.15, 0.2) is 28.7 Å². The molecule has 1 aromatic heterocycles. The molecule has 1 aliphatic heterocycles. The summed E-state index contributed by atoms with van der Waals surface area (Å²) in [6.07, 6.45) is 2.06. The topological polar surface area (TPSA) is 84.1 Å². The average molecular weight is 300 g/mol. The van der Waals surface area contributed by atoms with Crippen molar-refractivity contribution >= 4 is 16.9 Å². The molecule has 0 saturated heterocycles. The van der Waals surface area contributed by atoms with Gasteiger partial charge >= 0.3 is 5.69 Å². The molecule has 1 amide bonds. The SMILES string of the molecule is CC(C)=CN1Cc2c(C(N)=O)ccc3[nH]c(=O)n(c23)C[C@@H]1C. The Hall–Kier alpha value is -2.50. The maximum atomic E-state index is 12.2. The molecule has 1 aromatic carbocycles. The first-order valence-corrected chi connectivity index (χ1v) is 7.33. The maximum absolute atomic E-state index is 12.2. The number of imidazole rings is 1. The van der Waals surface area contributed by atoms with Gasteiger partial charge in [0.05, 0.1) is 11.0 Å². The monoisotopic (exact) mass is 300 g/mol. The number of hydrogen-bond acceptors (Lipinski definition) is 3. The van der Waals surface area contributed by atoms with Gasteiger partial charge in [-0.05, 0) is 39.1 Å². The van der Waals surface area contributed by atoms with Crippen LogP contribution < -0.4 is 11.4 Å². The van der Waals surface area contributed by atoms with Crippen molar-refractivity contribution in [2.24, 2.45) is 5.73 Å². The molecule has 0 unspecified atom stereocenters. The molecule has 0 spiro atoms. The van der Waals surface area contributed by atoms with Crippen LogP contribution in [0.1, 0.15) is 36.7 Å². The van der Waals surface area contributed by atoms with E-state index < -0.39 is 5.91 Å². The average Bonchev–Trinajstić information content (AvgIpc) is 2.65. The van der Waals surface area contributed by atoms with E-state index in [0.29, 0.717) is 18.7 Å². The zero-order chi connectivity index (χ0) is 16.0. The molecule has 1 aliphatic rings. The third-order valence-electron chi connectivity index (χ3n) is 4.08. The standard InChI is InChI=1S/C16H20N4O2/c1-9(2)6-19-8-12-11(15(17)21)4-5-13-14(12)20(7-10(19)3)16(22)18-13/h4-6,10H,7-8H2,1-3H3,(H2,17,21)(H,18,22)/t10-/m0/s1. The molecule has 0 radical (unpaired) electrons. The van der Waals surface area contributed by atoms with Gasteiger partial charge in [0.25, 0.3) is 0 Å². The molecule has 2 heterocycles. The normalized spacial score (nSPS) is 17.4. The summed E-state index contributed by atoms with van der Waals surface area (Å²) in [6.45, 7) is 7.25. The summed E-state index contributed by atoms with van der Waals surface area (Å²) in [5.74, 6) is -0.469. The fourth-order valence-corrected chi connectivity index (χ4v) is 3.11. The van der Waals surface area contributed by atoms with Crippen molar-refractivity contribution in [3.63, 3.8) is 0 Å². The number of hydrogen-bond donors (Lipinski definition) is 2. The van der Waals surface area contributed by atoms with Crippen LogP contribution in [0.25, 0.3) is 11.0 Å². The molecular formula is C16H20N4O2. The third-order valence-corrected chi connectivity index (χ3v) is 4.08. The molecule has 0 fully saturated rings. The van der Waals surface area contributed by atoms with Crippen LogP contribution in [0, 0.1) is 0 Å². The zero-order valence-electron chi connectivity index (χ0n) is 13.0. The van der Waals surface area contributed by atoms with E-state index in [1.807, 2.05) is 13.8 Å². The van der Waals surface area contributed by atoms with E-state index in [-0.39, 0.29) is 11.7 Å². The fraction of sp³-hybridized carbons (Fsp3) is 0.375. The molecule has 0 saturated carbocycles. The predicted molar refractivity (Wildman–Crippen MR) is 85.5 cm³/mol. The van der Waals surface area contributed by atoms with Gasteiger partial charge in [0, 0.05) is 30.3 Å². The number of aromatic nitrogens is 2. The van der Waals surface area contributed by atoms with Crippen molar-refractivity contribution < 1.29 is 4.79 Å². The number of H-pyrrole nitrogens is 1. The number of allylic oxidation sites excluding steroid dienone is 1. The highest BCUT2D eigenvalue weighted by Crippen LogP contribution is 2.27. The Balaban J connectivity index is 2.30. The summed E-state index contributed by atoms with van der Waals surface area (Å²) in [5.41, 5.74) is 9.36. The summed E-state index contributed by atoms with van der Waals surface area (Å²) >= 11 is 0. The molecular weight excluding hydrogens is 280 g/mol. The Morgan fingerprint density at radius 2 is 2.14 bits per heavy atom. The summed E-state index contributed by atoms with van der Waals surface area (Å²) in [6, 6.07) is 3.58. The molecule has 3 N–H and O–H groups in total. The number of nitrogens with one attached hydrogen (secondary N) is 1. The summed E-state index contributed by atoms with van der Waals surface area (Å²) < 4.78 is 1.71. The second-order valence-corrected chi connectivity index (χ2v) is 6.12. The van der Waals surface area contributed by atoms with Gasteiger partial charge in [-0.25, -0.2) is 4.79 Å². The summed E-state index contributed by atoms with van der Waals surface area (Å²) in [5, 5.41) is 0. The van der Waals surface area contributed by atoms with Crippen LogP contribution in [0.2, 0.25) is 0 Å². The van der Waals surface area contributed by atoms with E-state index in [1.165, 1.54) is 5.57 Å². The van der Waals surface area contributed by atoms with E-state index in [1.54, 1.807) is 16.7 Å². The number of nitrogens with two attached hydrogens (primary N) is 1. The lowest BCUT2D eigenvalue weighted by Crippen LogP contribution is -2.32. The zero-order valence-corrected chi connectivity index (χ0v) is 13.0. The predicted octanol–water partition coefficient (Wildman–Crippen LogP) is 1.56. The van der Waals surface area contributed by atoms with Gasteiger partial charge in [0.15, 0.2) is 0 Å². The number of benzene rings is 1. The molecule has 22 heavy (non-hydrogen) atoms. The first kappa shape index (κ1) is 14.4. The Kier molecular flexibility index (Phi) is 3.31. The Morgan fingerprint density at radius 1 is 1.41 bits per heavy atom. The van der Waals surface area contributed by atoms with Crippen LogP contribution in [-0.2, 0) is 13.1 Å². The minimum Gasteiger partial charge on any atom is -0.369 e. The van der Waals surface area contributed by atoms with Crippen molar-refractivity contribution in [1.82, 2.24) is 14.5 Å². The lowest BCUT2D eigenvalue weighted by atomic mass is 10.0. The van der Waals surface area contributed by atoms with E-state index in [4.69, 9.17) is 5.73 Å². The van der Waals surface area contributed by atoms with Gasteiger partial charge in [0.2, 0.25) is 5.91 Å². The number of amides is 1. The lowest BCUT2D eigenvalue weighted by Gasteiger charge is -2.26. The lowest BCUT2D eigenvalue weighted by molar-refractivity contribution is 0.0998. The molecule has 0 bridgehead atoms. The largest absolute Gasteiger partial charge is 0.369 e. The van der Waals surface area contributed by atoms with Crippen LogP contribution in [0.3, 0.4) is 0 Å². The number of carbonyl (C=O) groups is 1. The van der Waals surface area contributed by atoms with Gasteiger partial charge in [-0.3, -0.25) is 9.36 Å². The van der Waals surface area contributed by atoms with Gasteiger partial charge in [-0.2, -0.15) is 0 Å². The number of rotatable bonds is 2. The number of carbonyl (C=O) groups excluding carboxylic acids is 1. The van der Waals surface area contributed by atoms with Gasteiger partial charge in [-0.15, -0.1) is 0 Å². The third kappa shape index (κ3) is 2.20. The van der Waals surface area contributed by atoms with E-state index in [0.717, 1.165) is 16.6 Å². The fourth-order valence-electron chi connectivity index (χ4n) is 3.11. The summed E-state index contributed by atoms with van der Waals surface area (Å²) in [4.78, 5) is 29.0. The highest BCUT2D eigenvalue weighted by atomic mass is 16.1. The quantitative estimate of drug-likeness (QED) is 0.882. The minimum atomic E-state index is -0.469. The Morgan fingerprint density at radius 3 is 2.77 bits per heavy atom. The van der Waals surface area contributed by atoms with Crippen molar-refractivity contribution in [3.8, 4) is 0 Å². The molecule has 116 valence electrons. The number of primary amides is 1. The molecule has 6 heteroatoms. The smallest absolute Gasteiger partial charge is 0.326 e. The summed E-state index contributed by atoms with van der Waals surface area (Å²) in [7, 11) is 0. The van der Waals surface area contributed by atoms with Crippen molar-refractivity contribution in [1.29, 1.82) is 0 Å². The maximum Gasteiger partial charge on any atom is 0.326 e. The minimum absolute atomic E-state index is 0.139. The Labute approximate surface area is 128 Å². The first-order valence-electron chi connectivity index (χ1n) is 7.33. The highest BCUT2D eigenvalue weighted by Gasteiger charge is 2.25. The highest BCUT2D eigenvalue weighted by molar-refractivity contribution is 5.99. The van der Waals surface area contributed by atoms with Crippen molar-refractivity contribution in [3.05, 3.63) is 45.5 Å². The first-order chi connectivity index (χ1) is 10.4. The van der Waals surface area contributed by atoms with Crippen LogP contribution in [0.5, 0.6) is 0 Å². The number of aromatic amines is 1. The molecule has 3 rings (SSSR count). The molecule has 2 aromatic rings. The van der Waals surface area contributed by atoms with Gasteiger partial charge in [-0.1, -0.05) is 5.57 Å². The number of nitrogens with zero attached hydrogens (tertiary/aromatic N) is 2.